The SMILES string of the molecule is Cc1cc(C(=O)CN2C(=O)N[C@](C)(c3ccc4c(c3)CCC4)C2=O)c(C)n1C. The quantitative estimate of drug-likeness (QED) is 0.656. The van der Waals surface area contributed by atoms with Crippen LogP contribution in [0.3, 0.4) is 0 Å². The minimum atomic E-state index is -1.14. The third-order valence-corrected chi connectivity index (χ3v) is 6.33. The van der Waals surface area contributed by atoms with Gasteiger partial charge in [0, 0.05) is 24.0 Å². The van der Waals surface area contributed by atoms with Crippen LogP contribution in [0.2, 0.25) is 0 Å². The highest BCUT2D eigenvalue weighted by Crippen LogP contribution is 2.32. The number of carbonyl (C=O) groups excluding carboxylic acids is 3. The van der Waals surface area contributed by atoms with Gasteiger partial charge in [-0.3, -0.25) is 14.5 Å². The molecule has 6 heteroatoms. The molecule has 2 aliphatic rings. The van der Waals surface area contributed by atoms with Gasteiger partial charge in [-0.1, -0.05) is 18.2 Å². The van der Waals surface area contributed by atoms with Crippen molar-refractivity contribution in [3.8, 4) is 0 Å². The normalized spacial score (nSPS) is 21.2. The molecular weight excluding hydrogens is 354 g/mol. The van der Waals surface area contributed by atoms with E-state index in [9.17, 15) is 14.4 Å². The third-order valence-electron chi connectivity index (χ3n) is 6.33. The molecule has 28 heavy (non-hydrogen) atoms. The summed E-state index contributed by atoms with van der Waals surface area (Å²) in [5.74, 6) is -0.614. The molecule has 1 N–H and O–H groups in total. The van der Waals surface area contributed by atoms with E-state index in [1.54, 1.807) is 13.0 Å². The Kier molecular flexibility index (Phi) is 4.17. The zero-order chi connectivity index (χ0) is 20.2. The molecule has 1 aliphatic heterocycles. The van der Waals surface area contributed by atoms with Gasteiger partial charge in [-0.05, 0) is 62.8 Å². The lowest BCUT2D eigenvalue weighted by Crippen LogP contribution is -2.41. The number of nitrogens with one attached hydrogen (secondary N) is 1. The molecule has 1 fully saturated rings. The number of amides is 3. The molecule has 1 aromatic carbocycles. The van der Waals surface area contributed by atoms with Gasteiger partial charge in [0.05, 0.1) is 6.54 Å². The van der Waals surface area contributed by atoms with Crippen LogP contribution in [0.25, 0.3) is 0 Å². The first kappa shape index (κ1) is 18.5. The zero-order valence-electron chi connectivity index (χ0n) is 16.8. The Balaban J connectivity index is 1.60. The Hall–Kier alpha value is -2.89. The number of benzene rings is 1. The maximum atomic E-state index is 13.1. The number of rotatable bonds is 4. The molecule has 3 amide bonds. The molecule has 1 aliphatic carbocycles. The molecule has 0 unspecified atom stereocenters. The number of hydrogen-bond donors (Lipinski definition) is 1. The van der Waals surface area contributed by atoms with Crippen molar-refractivity contribution >= 4 is 17.7 Å². The van der Waals surface area contributed by atoms with Crippen LogP contribution in [0, 0.1) is 13.8 Å². The maximum Gasteiger partial charge on any atom is 0.325 e. The van der Waals surface area contributed by atoms with E-state index >= 15 is 0 Å². The molecule has 146 valence electrons. The maximum absolute atomic E-state index is 13.1. The average Bonchev–Trinajstić information content (AvgIpc) is 3.30. The fraction of sp³-hybridized carbons (Fsp3) is 0.409. The van der Waals surface area contributed by atoms with Crippen LogP contribution in [0.15, 0.2) is 24.3 Å². The van der Waals surface area contributed by atoms with Crippen LogP contribution in [-0.2, 0) is 30.2 Å². The van der Waals surface area contributed by atoms with Crippen LogP contribution < -0.4 is 5.32 Å². The first-order valence-corrected chi connectivity index (χ1v) is 9.65. The molecule has 0 radical (unpaired) electrons. The average molecular weight is 379 g/mol. The molecule has 1 aromatic heterocycles. The van der Waals surface area contributed by atoms with E-state index in [1.807, 2.05) is 43.7 Å². The van der Waals surface area contributed by atoms with Gasteiger partial charge in [0.1, 0.15) is 5.54 Å². The number of urea groups is 1. The highest BCUT2D eigenvalue weighted by molar-refractivity contribution is 6.11. The highest BCUT2D eigenvalue weighted by Gasteiger charge is 2.49. The zero-order valence-corrected chi connectivity index (χ0v) is 16.8. The van der Waals surface area contributed by atoms with Gasteiger partial charge in [-0.2, -0.15) is 0 Å². The fourth-order valence-electron chi connectivity index (χ4n) is 4.29. The number of hydrogen-bond acceptors (Lipinski definition) is 3. The van der Waals surface area contributed by atoms with E-state index in [0.717, 1.165) is 41.1 Å². The number of aromatic nitrogens is 1. The van der Waals surface area contributed by atoms with E-state index in [2.05, 4.69) is 5.32 Å². The summed E-state index contributed by atoms with van der Waals surface area (Å²) < 4.78 is 1.92. The van der Waals surface area contributed by atoms with Gasteiger partial charge >= 0.3 is 6.03 Å². The Labute approximate surface area is 164 Å². The summed E-state index contributed by atoms with van der Waals surface area (Å²) in [5.41, 5.74) is 4.52. The van der Waals surface area contributed by atoms with Crippen molar-refractivity contribution in [2.75, 3.05) is 6.54 Å². The number of Topliss-reactive ketones (excluding diaryl/α,β-unsaturated/α-hetero) is 1. The molecule has 0 saturated carbocycles. The Morgan fingerprint density at radius 2 is 1.86 bits per heavy atom. The third kappa shape index (κ3) is 2.66. The van der Waals surface area contributed by atoms with Crippen molar-refractivity contribution in [3.63, 3.8) is 0 Å². The van der Waals surface area contributed by atoms with Crippen molar-refractivity contribution < 1.29 is 14.4 Å². The number of nitrogens with zero attached hydrogens (tertiary/aromatic N) is 2. The Bertz CT molecular complexity index is 1020. The predicted molar refractivity (Wildman–Crippen MR) is 105 cm³/mol. The van der Waals surface area contributed by atoms with E-state index in [1.165, 1.54) is 11.1 Å². The highest BCUT2D eigenvalue weighted by atomic mass is 16.2. The number of fused-ring (bicyclic) bond motifs is 1. The van der Waals surface area contributed by atoms with Crippen LogP contribution in [-0.4, -0.2) is 33.7 Å². The van der Waals surface area contributed by atoms with Crippen LogP contribution in [0.1, 0.15) is 51.8 Å². The van der Waals surface area contributed by atoms with Crippen molar-refractivity contribution in [1.29, 1.82) is 0 Å². The summed E-state index contributed by atoms with van der Waals surface area (Å²) in [6.45, 7) is 5.24. The smallest absolute Gasteiger partial charge is 0.325 e. The van der Waals surface area contributed by atoms with E-state index < -0.39 is 11.6 Å². The van der Waals surface area contributed by atoms with Gasteiger partial charge in [0.25, 0.3) is 5.91 Å². The fourth-order valence-corrected chi connectivity index (χ4v) is 4.29. The molecular formula is C22H25N3O3. The lowest BCUT2D eigenvalue weighted by Gasteiger charge is -2.23. The van der Waals surface area contributed by atoms with E-state index in [4.69, 9.17) is 0 Å². The standard InChI is InChI=1S/C22H25N3O3/c1-13-10-18(14(2)24(13)4)19(26)12-25-20(27)22(3,23-21(25)28)17-9-8-15-6-5-7-16(15)11-17/h8-11H,5-7,12H2,1-4H3,(H,23,28)/t22-/m1/s1. The number of imide groups is 1. The number of aryl methyl sites for hydroxylation is 3. The van der Waals surface area contributed by atoms with E-state index in [-0.39, 0.29) is 18.2 Å². The Morgan fingerprint density at radius 3 is 2.54 bits per heavy atom. The van der Waals surface area contributed by atoms with Gasteiger partial charge < -0.3 is 9.88 Å². The van der Waals surface area contributed by atoms with Gasteiger partial charge in [-0.25, -0.2) is 4.79 Å². The second-order valence-corrected chi connectivity index (χ2v) is 8.05. The summed E-state index contributed by atoms with van der Waals surface area (Å²) in [6, 6.07) is 7.27. The second kappa shape index (κ2) is 6.33. The summed E-state index contributed by atoms with van der Waals surface area (Å²) in [7, 11) is 1.89. The van der Waals surface area contributed by atoms with Crippen molar-refractivity contribution in [1.82, 2.24) is 14.8 Å². The van der Waals surface area contributed by atoms with Gasteiger partial charge in [-0.15, -0.1) is 0 Å². The molecule has 1 saturated heterocycles. The molecule has 0 bridgehead atoms. The number of carbonyl (C=O) groups is 3. The predicted octanol–water partition coefficient (Wildman–Crippen LogP) is 2.78. The first-order chi connectivity index (χ1) is 13.2. The second-order valence-electron chi connectivity index (χ2n) is 8.05. The molecule has 6 nitrogen and oxygen atoms in total. The molecule has 2 heterocycles. The van der Waals surface area contributed by atoms with Crippen LogP contribution in [0.4, 0.5) is 4.79 Å². The minimum Gasteiger partial charge on any atom is -0.351 e. The lowest BCUT2D eigenvalue weighted by atomic mass is 9.89. The molecule has 4 rings (SSSR count). The number of ketones is 1. The minimum absolute atomic E-state index is 0.233. The largest absolute Gasteiger partial charge is 0.351 e. The van der Waals surface area contributed by atoms with Crippen molar-refractivity contribution in [3.05, 3.63) is 57.9 Å². The van der Waals surface area contributed by atoms with Crippen LogP contribution >= 0.6 is 0 Å². The topological polar surface area (TPSA) is 71.4 Å². The van der Waals surface area contributed by atoms with Gasteiger partial charge in [0.15, 0.2) is 5.78 Å². The van der Waals surface area contributed by atoms with Gasteiger partial charge in [0.2, 0.25) is 0 Å². The summed E-state index contributed by atoms with van der Waals surface area (Å²) in [6.07, 6.45) is 3.17. The summed E-state index contributed by atoms with van der Waals surface area (Å²) in [4.78, 5) is 39.5. The Morgan fingerprint density at radius 1 is 1.14 bits per heavy atom. The first-order valence-electron chi connectivity index (χ1n) is 9.65. The summed E-state index contributed by atoms with van der Waals surface area (Å²) in [5, 5.41) is 2.81. The van der Waals surface area contributed by atoms with E-state index in [0.29, 0.717) is 5.56 Å². The molecule has 0 spiro atoms. The molecule has 1 atom stereocenters. The summed E-state index contributed by atoms with van der Waals surface area (Å²) >= 11 is 0. The van der Waals surface area contributed by atoms with Crippen molar-refractivity contribution in [2.24, 2.45) is 7.05 Å². The van der Waals surface area contributed by atoms with Crippen molar-refractivity contribution in [2.45, 2.75) is 45.6 Å². The monoisotopic (exact) mass is 379 g/mol. The molecule has 2 aromatic rings. The lowest BCUT2D eigenvalue weighted by molar-refractivity contribution is -0.130. The van der Waals surface area contributed by atoms with Crippen LogP contribution in [0.5, 0.6) is 0 Å².